The van der Waals surface area contributed by atoms with Crippen LogP contribution in [-0.4, -0.2) is 42.9 Å². The number of anilines is 2. The molecular formula is C20H31N3O2. The van der Waals surface area contributed by atoms with Crippen molar-refractivity contribution in [2.24, 2.45) is 5.92 Å². The summed E-state index contributed by atoms with van der Waals surface area (Å²) in [5, 5.41) is 2.96. The van der Waals surface area contributed by atoms with Crippen molar-refractivity contribution in [1.29, 1.82) is 0 Å². The fourth-order valence-electron chi connectivity index (χ4n) is 3.31. The van der Waals surface area contributed by atoms with Crippen LogP contribution in [0.2, 0.25) is 0 Å². The molecule has 0 saturated carbocycles. The van der Waals surface area contributed by atoms with Crippen LogP contribution in [0.3, 0.4) is 0 Å². The van der Waals surface area contributed by atoms with Gasteiger partial charge in [0.2, 0.25) is 11.8 Å². The lowest BCUT2D eigenvalue weighted by atomic mass is 10.1. The summed E-state index contributed by atoms with van der Waals surface area (Å²) in [5.74, 6) is -0.188. The van der Waals surface area contributed by atoms with Crippen molar-refractivity contribution in [1.82, 2.24) is 4.90 Å². The van der Waals surface area contributed by atoms with Gasteiger partial charge in [-0.1, -0.05) is 19.8 Å². The zero-order valence-corrected chi connectivity index (χ0v) is 15.8. The third kappa shape index (κ3) is 5.21. The molecule has 1 aliphatic heterocycles. The van der Waals surface area contributed by atoms with Gasteiger partial charge in [-0.3, -0.25) is 9.59 Å². The molecule has 1 aromatic carbocycles. The zero-order valence-electron chi connectivity index (χ0n) is 15.8. The lowest BCUT2D eigenvalue weighted by Gasteiger charge is -2.21. The number of amides is 2. The molecule has 0 bridgehead atoms. The van der Waals surface area contributed by atoms with E-state index in [1.54, 1.807) is 0 Å². The Balaban J connectivity index is 1.88. The van der Waals surface area contributed by atoms with Gasteiger partial charge in [-0.25, -0.2) is 0 Å². The molecule has 2 rings (SSSR count). The number of benzene rings is 1. The number of hydrogen-bond donors (Lipinski definition) is 1. The Bertz CT molecular complexity index is 567. The number of carbonyl (C=O) groups excluding carboxylic acids is 2. The molecule has 5 heteroatoms. The van der Waals surface area contributed by atoms with Crippen LogP contribution in [0.5, 0.6) is 0 Å². The quantitative estimate of drug-likeness (QED) is 0.697. The highest BCUT2D eigenvalue weighted by molar-refractivity contribution is 5.97. The average molecular weight is 345 g/mol. The molecule has 1 atom stereocenters. The lowest BCUT2D eigenvalue weighted by Crippen LogP contribution is -2.29. The summed E-state index contributed by atoms with van der Waals surface area (Å²) < 4.78 is 0. The monoisotopic (exact) mass is 345 g/mol. The van der Waals surface area contributed by atoms with Crippen molar-refractivity contribution in [3.63, 3.8) is 0 Å². The zero-order chi connectivity index (χ0) is 18.2. The van der Waals surface area contributed by atoms with E-state index >= 15 is 0 Å². The second-order valence-electron chi connectivity index (χ2n) is 6.66. The Hall–Kier alpha value is -2.04. The molecule has 1 fully saturated rings. The van der Waals surface area contributed by atoms with Crippen molar-refractivity contribution in [2.75, 3.05) is 36.4 Å². The number of rotatable bonds is 9. The number of unbranched alkanes of at least 4 members (excludes halogenated alkanes) is 2. The molecule has 1 aliphatic rings. The Morgan fingerprint density at radius 1 is 1.16 bits per heavy atom. The minimum atomic E-state index is -0.239. The van der Waals surface area contributed by atoms with Crippen LogP contribution in [0.4, 0.5) is 11.4 Å². The first-order chi connectivity index (χ1) is 12.1. The van der Waals surface area contributed by atoms with Crippen LogP contribution in [0.25, 0.3) is 0 Å². The van der Waals surface area contributed by atoms with Crippen molar-refractivity contribution in [3.05, 3.63) is 24.3 Å². The predicted octanol–water partition coefficient (Wildman–Crippen LogP) is 3.51. The third-order valence-electron chi connectivity index (χ3n) is 4.88. The summed E-state index contributed by atoms with van der Waals surface area (Å²) in [7, 11) is 0. The van der Waals surface area contributed by atoms with Gasteiger partial charge in [-0.15, -0.1) is 0 Å². The molecule has 0 radical (unpaired) electrons. The van der Waals surface area contributed by atoms with E-state index in [9.17, 15) is 9.59 Å². The summed E-state index contributed by atoms with van der Waals surface area (Å²) in [6, 6.07) is 7.92. The molecule has 5 nitrogen and oxygen atoms in total. The highest BCUT2D eigenvalue weighted by Crippen LogP contribution is 2.22. The van der Waals surface area contributed by atoms with Crippen LogP contribution in [0, 0.1) is 5.92 Å². The maximum absolute atomic E-state index is 12.5. The first-order valence-corrected chi connectivity index (χ1v) is 9.52. The summed E-state index contributed by atoms with van der Waals surface area (Å²) in [6.45, 7) is 9.64. The Kier molecular flexibility index (Phi) is 7.29. The Morgan fingerprint density at radius 3 is 2.44 bits per heavy atom. The van der Waals surface area contributed by atoms with Crippen LogP contribution in [0.15, 0.2) is 24.3 Å². The Labute approximate surface area is 151 Å². The minimum Gasteiger partial charge on any atom is -0.372 e. The summed E-state index contributed by atoms with van der Waals surface area (Å²) in [4.78, 5) is 28.6. The number of carbonyl (C=O) groups is 2. The normalized spacial score (nSPS) is 17.0. The number of nitrogens with zero attached hydrogens (tertiary/aromatic N) is 2. The van der Waals surface area contributed by atoms with Crippen molar-refractivity contribution in [2.45, 2.75) is 46.5 Å². The molecule has 0 aliphatic carbocycles. The van der Waals surface area contributed by atoms with Gasteiger partial charge in [0.05, 0.1) is 5.92 Å². The fourth-order valence-corrected chi connectivity index (χ4v) is 3.31. The van der Waals surface area contributed by atoms with E-state index < -0.39 is 0 Å². The van der Waals surface area contributed by atoms with E-state index in [-0.39, 0.29) is 17.7 Å². The maximum Gasteiger partial charge on any atom is 0.229 e. The molecule has 25 heavy (non-hydrogen) atoms. The van der Waals surface area contributed by atoms with E-state index in [0.717, 1.165) is 50.3 Å². The van der Waals surface area contributed by atoms with Crippen LogP contribution in [0.1, 0.15) is 46.5 Å². The van der Waals surface area contributed by atoms with Gasteiger partial charge in [0.15, 0.2) is 0 Å². The predicted molar refractivity (Wildman–Crippen MR) is 103 cm³/mol. The molecule has 2 amide bonds. The number of nitrogens with one attached hydrogen (secondary N) is 1. The minimum absolute atomic E-state index is 0.0538. The average Bonchev–Trinajstić information content (AvgIpc) is 2.99. The van der Waals surface area contributed by atoms with Crippen LogP contribution >= 0.6 is 0 Å². The lowest BCUT2D eigenvalue weighted by molar-refractivity contribution is -0.128. The molecule has 0 aromatic heterocycles. The van der Waals surface area contributed by atoms with Gasteiger partial charge in [0.25, 0.3) is 0 Å². The van der Waals surface area contributed by atoms with Crippen LogP contribution in [-0.2, 0) is 9.59 Å². The van der Waals surface area contributed by atoms with Gasteiger partial charge in [-0.05, 0) is 44.5 Å². The third-order valence-corrected chi connectivity index (χ3v) is 4.88. The van der Waals surface area contributed by atoms with Gasteiger partial charge in [0.1, 0.15) is 0 Å². The van der Waals surface area contributed by atoms with E-state index in [4.69, 9.17) is 0 Å². The smallest absolute Gasteiger partial charge is 0.229 e. The topological polar surface area (TPSA) is 52.7 Å². The molecular weight excluding hydrogens is 314 g/mol. The highest BCUT2D eigenvalue weighted by atomic mass is 16.2. The summed E-state index contributed by atoms with van der Waals surface area (Å²) >= 11 is 0. The van der Waals surface area contributed by atoms with Gasteiger partial charge in [-0.2, -0.15) is 0 Å². The van der Waals surface area contributed by atoms with Crippen molar-refractivity contribution < 1.29 is 9.59 Å². The Morgan fingerprint density at radius 2 is 1.84 bits per heavy atom. The summed E-state index contributed by atoms with van der Waals surface area (Å²) in [6.07, 6.45) is 3.61. The van der Waals surface area contributed by atoms with E-state index in [1.165, 1.54) is 0 Å². The van der Waals surface area contributed by atoms with E-state index in [0.29, 0.717) is 13.0 Å². The maximum atomic E-state index is 12.5. The van der Waals surface area contributed by atoms with Crippen molar-refractivity contribution >= 4 is 23.2 Å². The van der Waals surface area contributed by atoms with Gasteiger partial charge in [0, 0.05) is 44.0 Å². The molecule has 0 spiro atoms. The largest absolute Gasteiger partial charge is 0.372 e. The SMILES string of the molecule is CCCCCN1CC(C(=O)Nc2ccc(N(CC)CC)cc2)CC1=O. The second-order valence-corrected chi connectivity index (χ2v) is 6.66. The second kappa shape index (κ2) is 9.44. The molecule has 1 aromatic rings. The number of likely N-dealkylation sites (tertiary alicyclic amines) is 1. The van der Waals surface area contributed by atoms with Crippen LogP contribution < -0.4 is 10.2 Å². The standard InChI is InChI=1S/C20H31N3O2/c1-4-7-8-13-23-15-16(14-19(23)24)20(25)21-17-9-11-18(12-10-17)22(5-2)6-3/h9-12,16H,4-8,13-15H2,1-3H3,(H,21,25). The molecule has 1 N–H and O–H groups in total. The van der Waals surface area contributed by atoms with E-state index in [2.05, 4.69) is 31.0 Å². The molecule has 138 valence electrons. The molecule has 1 saturated heterocycles. The highest BCUT2D eigenvalue weighted by Gasteiger charge is 2.33. The van der Waals surface area contributed by atoms with Gasteiger partial charge < -0.3 is 15.1 Å². The van der Waals surface area contributed by atoms with E-state index in [1.807, 2.05) is 29.2 Å². The fraction of sp³-hybridized carbons (Fsp3) is 0.600. The molecule has 1 heterocycles. The first-order valence-electron chi connectivity index (χ1n) is 9.52. The summed E-state index contributed by atoms with van der Waals surface area (Å²) in [5.41, 5.74) is 1.94. The number of hydrogen-bond acceptors (Lipinski definition) is 3. The molecule has 1 unspecified atom stereocenters. The first kappa shape index (κ1) is 19.3. The van der Waals surface area contributed by atoms with Crippen molar-refractivity contribution in [3.8, 4) is 0 Å². The van der Waals surface area contributed by atoms with Gasteiger partial charge >= 0.3 is 0 Å².